The molecule has 0 heterocycles. The van der Waals surface area contributed by atoms with Crippen molar-refractivity contribution in [3.63, 3.8) is 0 Å². The fourth-order valence-electron chi connectivity index (χ4n) is 0.393. The van der Waals surface area contributed by atoms with Crippen LogP contribution in [0.2, 0.25) is 0 Å². The second kappa shape index (κ2) is 3.20. The molecule has 0 aromatic heterocycles. The van der Waals surface area contributed by atoms with Gasteiger partial charge in [0.2, 0.25) is 0 Å². The van der Waals surface area contributed by atoms with Crippen molar-refractivity contribution >= 4 is 0 Å². The Hall–Kier alpha value is -0.000519. The van der Waals surface area contributed by atoms with Crippen LogP contribution in [0, 0.1) is 0 Å². The number of hydrogen-bond donors (Lipinski definition) is 0. The van der Waals surface area contributed by atoms with Gasteiger partial charge in [-0.05, 0) is 6.42 Å². The molecule has 6 heavy (non-hydrogen) atoms. The fraction of sp³-hybridized carbons (Fsp3) is 0.200. The first kappa shape index (κ1) is 6.00. The fourth-order valence-corrected chi connectivity index (χ4v) is 0.393. The van der Waals surface area contributed by atoms with E-state index in [-0.39, 0.29) is 17.1 Å². The Labute approximate surface area is 48.4 Å². The molecule has 0 fully saturated rings. The van der Waals surface area contributed by atoms with E-state index in [1.165, 1.54) is 0 Å². The molecule has 1 radical (unpaired) electrons. The van der Waals surface area contributed by atoms with Gasteiger partial charge in [0.15, 0.2) is 0 Å². The summed E-state index contributed by atoms with van der Waals surface area (Å²) in [5, 5.41) is 0. The van der Waals surface area contributed by atoms with Crippen LogP contribution < -0.4 is 0 Å². The first-order valence-electron chi connectivity index (χ1n) is 1.82. The molecule has 1 rings (SSSR count). The summed E-state index contributed by atoms with van der Waals surface area (Å²) in [5.41, 5.74) is 0. The van der Waals surface area contributed by atoms with E-state index in [9.17, 15) is 0 Å². The van der Waals surface area contributed by atoms with E-state index >= 15 is 0 Å². The molecule has 0 aromatic carbocycles. The van der Waals surface area contributed by atoms with E-state index in [0.717, 1.165) is 6.42 Å². The van der Waals surface area contributed by atoms with Gasteiger partial charge in [-0.3, -0.25) is 0 Å². The van der Waals surface area contributed by atoms with Crippen molar-refractivity contribution < 1.29 is 17.1 Å². The van der Waals surface area contributed by atoms with Crippen molar-refractivity contribution in [1.29, 1.82) is 0 Å². The maximum absolute atomic E-state index is 2.12. The summed E-state index contributed by atoms with van der Waals surface area (Å²) in [7, 11) is 0. The normalized spacial score (nSPS) is 14.7. The molecule has 0 atom stereocenters. The molecular formula is C5H6Mn. The molecule has 1 aliphatic rings. The van der Waals surface area contributed by atoms with Crippen molar-refractivity contribution in [2.24, 2.45) is 0 Å². The Kier molecular flexibility index (Phi) is 3.20. The minimum atomic E-state index is 0. The second-order valence-corrected chi connectivity index (χ2v) is 1.09. The van der Waals surface area contributed by atoms with Gasteiger partial charge in [0, 0.05) is 17.1 Å². The molecule has 33 valence electrons. The summed E-state index contributed by atoms with van der Waals surface area (Å²) in [6, 6.07) is 0. The predicted octanol–water partition coefficient (Wildman–Crippen LogP) is 1.50. The van der Waals surface area contributed by atoms with Crippen molar-refractivity contribution in [2.45, 2.75) is 6.42 Å². The quantitative estimate of drug-likeness (QED) is 0.426. The van der Waals surface area contributed by atoms with Gasteiger partial charge in [-0.2, -0.15) is 0 Å². The maximum atomic E-state index is 2.12. The van der Waals surface area contributed by atoms with Crippen molar-refractivity contribution in [3.05, 3.63) is 24.3 Å². The van der Waals surface area contributed by atoms with Crippen LogP contribution in [0.25, 0.3) is 0 Å². The zero-order valence-electron chi connectivity index (χ0n) is 3.39. The molecule has 0 amide bonds. The van der Waals surface area contributed by atoms with E-state index in [1.54, 1.807) is 0 Å². The van der Waals surface area contributed by atoms with E-state index in [4.69, 9.17) is 0 Å². The molecule has 0 unspecified atom stereocenters. The predicted molar refractivity (Wildman–Crippen MR) is 22.9 cm³/mol. The Bertz CT molecular complexity index is 62.0. The molecule has 0 N–H and O–H groups in total. The smallest absolute Gasteiger partial charge is 0 e. The van der Waals surface area contributed by atoms with Gasteiger partial charge in [-0.15, -0.1) is 0 Å². The minimum Gasteiger partial charge on any atom is -0.0808 e. The zero-order chi connectivity index (χ0) is 3.54. The maximum Gasteiger partial charge on any atom is 0 e. The van der Waals surface area contributed by atoms with Gasteiger partial charge in [0.25, 0.3) is 0 Å². The third kappa shape index (κ3) is 1.44. The number of hydrogen-bond acceptors (Lipinski definition) is 0. The Morgan fingerprint density at radius 1 is 1.00 bits per heavy atom. The summed E-state index contributed by atoms with van der Waals surface area (Å²) in [6.07, 6.45) is 9.50. The molecule has 0 saturated heterocycles. The Morgan fingerprint density at radius 2 is 1.50 bits per heavy atom. The van der Waals surface area contributed by atoms with E-state index in [0.29, 0.717) is 0 Å². The van der Waals surface area contributed by atoms with Gasteiger partial charge in [-0.25, -0.2) is 0 Å². The number of rotatable bonds is 0. The molecule has 0 saturated carbocycles. The van der Waals surface area contributed by atoms with E-state index < -0.39 is 0 Å². The molecule has 0 aromatic rings. The van der Waals surface area contributed by atoms with Gasteiger partial charge in [0.1, 0.15) is 0 Å². The van der Waals surface area contributed by atoms with Crippen LogP contribution in [0.4, 0.5) is 0 Å². The summed E-state index contributed by atoms with van der Waals surface area (Å²) >= 11 is 0. The molecule has 1 aliphatic carbocycles. The molecule has 0 bridgehead atoms. The van der Waals surface area contributed by atoms with Gasteiger partial charge in [-0.1, -0.05) is 24.3 Å². The molecular weight excluding hydrogens is 115 g/mol. The van der Waals surface area contributed by atoms with Gasteiger partial charge in [0.05, 0.1) is 0 Å². The van der Waals surface area contributed by atoms with Crippen molar-refractivity contribution in [2.75, 3.05) is 0 Å². The molecule has 0 aliphatic heterocycles. The summed E-state index contributed by atoms with van der Waals surface area (Å²) < 4.78 is 0. The molecule has 0 spiro atoms. The summed E-state index contributed by atoms with van der Waals surface area (Å²) in [4.78, 5) is 0. The van der Waals surface area contributed by atoms with Gasteiger partial charge < -0.3 is 0 Å². The van der Waals surface area contributed by atoms with Crippen LogP contribution in [-0.2, 0) is 17.1 Å². The van der Waals surface area contributed by atoms with Gasteiger partial charge >= 0.3 is 0 Å². The Morgan fingerprint density at radius 3 is 1.67 bits per heavy atom. The largest absolute Gasteiger partial charge is 0.0808 e. The Balaban J connectivity index is 0.000000250. The summed E-state index contributed by atoms with van der Waals surface area (Å²) in [5.74, 6) is 0. The third-order valence-electron chi connectivity index (χ3n) is 0.655. The summed E-state index contributed by atoms with van der Waals surface area (Å²) in [6.45, 7) is 0. The topological polar surface area (TPSA) is 0 Å². The first-order chi connectivity index (χ1) is 2.50. The zero-order valence-corrected chi connectivity index (χ0v) is 4.57. The first-order valence-corrected chi connectivity index (χ1v) is 1.82. The SMILES string of the molecule is C1=CCC=C1.[Mn]. The third-order valence-corrected chi connectivity index (χ3v) is 0.655. The number of allylic oxidation sites excluding steroid dienone is 4. The standard InChI is InChI=1S/C5H6.Mn/c1-2-4-5-3-1;/h1-4H,5H2;. The van der Waals surface area contributed by atoms with Crippen molar-refractivity contribution in [1.82, 2.24) is 0 Å². The van der Waals surface area contributed by atoms with Crippen LogP contribution >= 0.6 is 0 Å². The monoisotopic (exact) mass is 121 g/mol. The molecule has 0 nitrogen and oxygen atoms in total. The van der Waals surface area contributed by atoms with Crippen LogP contribution in [0.15, 0.2) is 24.3 Å². The van der Waals surface area contributed by atoms with Crippen molar-refractivity contribution in [3.8, 4) is 0 Å². The average Bonchev–Trinajstić information content (AvgIpc) is 1.76. The van der Waals surface area contributed by atoms with Crippen LogP contribution in [-0.4, -0.2) is 0 Å². The van der Waals surface area contributed by atoms with E-state index in [1.807, 2.05) is 0 Å². The molecule has 1 heteroatoms. The average molecular weight is 121 g/mol. The second-order valence-electron chi connectivity index (χ2n) is 1.09. The van der Waals surface area contributed by atoms with Crippen LogP contribution in [0.5, 0.6) is 0 Å². The minimum absolute atomic E-state index is 0. The van der Waals surface area contributed by atoms with Crippen LogP contribution in [0.3, 0.4) is 0 Å². The van der Waals surface area contributed by atoms with Crippen LogP contribution in [0.1, 0.15) is 6.42 Å². The van der Waals surface area contributed by atoms with E-state index in [2.05, 4.69) is 24.3 Å².